The van der Waals surface area contributed by atoms with Gasteiger partial charge in [-0.1, -0.05) is 29.8 Å². The summed E-state index contributed by atoms with van der Waals surface area (Å²) in [6, 6.07) is 16.5. The van der Waals surface area contributed by atoms with E-state index in [0.29, 0.717) is 23.1 Å². The number of nitrogens with zero attached hydrogens (tertiary/aromatic N) is 4. The summed E-state index contributed by atoms with van der Waals surface area (Å²) in [6.07, 6.45) is 3.38. The molecule has 0 aliphatic heterocycles. The van der Waals surface area contributed by atoms with Crippen LogP contribution in [0.4, 0.5) is 10.2 Å². The van der Waals surface area contributed by atoms with Crippen molar-refractivity contribution in [2.24, 2.45) is 0 Å². The van der Waals surface area contributed by atoms with E-state index in [2.05, 4.69) is 15.5 Å². The van der Waals surface area contributed by atoms with Gasteiger partial charge in [-0.2, -0.15) is 10.2 Å². The van der Waals surface area contributed by atoms with Crippen molar-refractivity contribution in [1.29, 1.82) is 0 Å². The van der Waals surface area contributed by atoms with Crippen LogP contribution in [0.2, 0.25) is 5.02 Å². The van der Waals surface area contributed by atoms with Crippen LogP contribution < -0.4 is 10.1 Å². The minimum absolute atomic E-state index is 0.139. The number of benzene rings is 2. The van der Waals surface area contributed by atoms with E-state index in [-0.39, 0.29) is 24.1 Å². The zero-order valence-corrected chi connectivity index (χ0v) is 16.5. The number of amides is 1. The molecule has 0 unspecified atom stereocenters. The smallest absolute Gasteiger partial charge is 0.277 e. The number of halogens is 2. The van der Waals surface area contributed by atoms with Gasteiger partial charge in [-0.05, 0) is 42.0 Å². The van der Waals surface area contributed by atoms with Gasteiger partial charge in [-0.15, -0.1) is 0 Å². The Morgan fingerprint density at radius 1 is 1.03 bits per heavy atom. The molecule has 4 rings (SSSR count). The van der Waals surface area contributed by atoms with Crippen LogP contribution in [0, 0.1) is 5.82 Å². The molecule has 0 bridgehead atoms. The lowest BCUT2D eigenvalue weighted by Gasteiger charge is -2.06. The van der Waals surface area contributed by atoms with Crippen molar-refractivity contribution in [2.75, 3.05) is 5.32 Å². The second-order valence-electron chi connectivity index (χ2n) is 6.45. The van der Waals surface area contributed by atoms with Crippen LogP contribution in [-0.4, -0.2) is 25.5 Å². The van der Waals surface area contributed by atoms with Crippen LogP contribution in [0.1, 0.15) is 16.1 Å². The lowest BCUT2D eigenvalue weighted by atomic mass is 10.2. The average molecular weight is 426 g/mol. The molecule has 1 N–H and O–H groups in total. The van der Waals surface area contributed by atoms with Crippen molar-refractivity contribution >= 4 is 23.3 Å². The first-order valence-electron chi connectivity index (χ1n) is 9.06. The number of ether oxygens (including phenoxy) is 1. The summed E-state index contributed by atoms with van der Waals surface area (Å²) in [6.45, 7) is 0.603. The van der Waals surface area contributed by atoms with Gasteiger partial charge in [0, 0.05) is 23.5 Å². The first-order valence-corrected chi connectivity index (χ1v) is 9.44. The largest absolute Gasteiger partial charge is 0.471 e. The van der Waals surface area contributed by atoms with Crippen molar-refractivity contribution in [3.8, 4) is 5.75 Å². The van der Waals surface area contributed by atoms with Crippen molar-refractivity contribution in [3.05, 3.63) is 95.2 Å². The van der Waals surface area contributed by atoms with Crippen molar-refractivity contribution in [1.82, 2.24) is 19.6 Å². The van der Waals surface area contributed by atoms with Gasteiger partial charge in [0.05, 0.1) is 6.54 Å². The Morgan fingerprint density at radius 2 is 1.83 bits per heavy atom. The molecule has 2 aromatic heterocycles. The fourth-order valence-electron chi connectivity index (χ4n) is 2.73. The summed E-state index contributed by atoms with van der Waals surface area (Å²) in [5.41, 5.74) is 1.13. The maximum absolute atomic E-state index is 13.0. The van der Waals surface area contributed by atoms with Gasteiger partial charge < -0.3 is 10.1 Å². The Morgan fingerprint density at radius 3 is 2.63 bits per heavy atom. The first-order chi connectivity index (χ1) is 14.5. The molecule has 0 saturated carbocycles. The van der Waals surface area contributed by atoms with E-state index in [4.69, 9.17) is 16.3 Å². The molecule has 1 amide bonds. The third-order valence-corrected chi connectivity index (χ3v) is 4.41. The predicted molar refractivity (Wildman–Crippen MR) is 110 cm³/mol. The highest BCUT2D eigenvalue weighted by Gasteiger charge is 2.12. The Balaban J connectivity index is 1.33. The topological polar surface area (TPSA) is 74.0 Å². The number of carbonyl (C=O) groups excluding carboxylic acids is 1. The second kappa shape index (κ2) is 8.79. The second-order valence-corrected chi connectivity index (χ2v) is 6.89. The molecular weight excluding hydrogens is 409 g/mol. The standard InChI is InChI=1S/C21H17ClFN5O2/c22-16-2-1-3-18(12-16)30-14-28-10-8-19(25-28)21(29)24-20-9-11-27(26-20)13-15-4-6-17(23)7-5-15/h1-12H,13-14H2,(H,24,26,29). The number of rotatable bonds is 7. The van der Waals surface area contributed by atoms with Crippen molar-refractivity contribution in [2.45, 2.75) is 13.3 Å². The van der Waals surface area contributed by atoms with E-state index in [1.54, 1.807) is 65.6 Å². The van der Waals surface area contributed by atoms with E-state index in [1.807, 2.05) is 0 Å². The van der Waals surface area contributed by atoms with Crippen LogP contribution >= 0.6 is 11.6 Å². The van der Waals surface area contributed by atoms with Crippen LogP contribution in [-0.2, 0) is 13.3 Å². The minimum Gasteiger partial charge on any atom is -0.471 e. The molecule has 2 aromatic carbocycles. The summed E-state index contributed by atoms with van der Waals surface area (Å²) in [7, 11) is 0. The molecule has 0 aliphatic carbocycles. The van der Waals surface area contributed by atoms with E-state index in [0.717, 1.165) is 5.56 Å². The fourth-order valence-corrected chi connectivity index (χ4v) is 2.91. The molecular formula is C21H17ClFN5O2. The summed E-state index contributed by atoms with van der Waals surface area (Å²) in [5, 5.41) is 11.8. The van der Waals surface area contributed by atoms with Crippen molar-refractivity contribution in [3.63, 3.8) is 0 Å². The third-order valence-electron chi connectivity index (χ3n) is 4.17. The summed E-state index contributed by atoms with van der Waals surface area (Å²) >= 11 is 5.92. The van der Waals surface area contributed by atoms with E-state index >= 15 is 0 Å². The van der Waals surface area contributed by atoms with Gasteiger partial charge in [0.2, 0.25) is 0 Å². The minimum atomic E-state index is -0.386. The van der Waals surface area contributed by atoms with Crippen LogP contribution in [0.25, 0.3) is 0 Å². The molecule has 9 heteroatoms. The number of nitrogens with one attached hydrogen (secondary N) is 1. The van der Waals surface area contributed by atoms with Gasteiger partial charge in [-0.25, -0.2) is 9.07 Å². The quantitative estimate of drug-likeness (QED) is 0.481. The summed E-state index contributed by atoms with van der Waals surface area (Å²) in [4.78, 5) is 12.4. The molecule has 7 nitrogen and oxygen atoms in total. The predicted octanol–water partition coefficient (Wildman–Crippen LogP) is 4.21. The SMILES string of the molecule is O=C(Nc1ccn(Cc2ccc(F)cc2)n1)c1ccn(COc2cccc(Cl)c2)n1. The fraction of sp³-hybridized carbons (Fsp3) is 0.0952. The molecule has 0 fully saturated rings. The molecule has 0 spiro atoms. The number of hydrogen-bond donors (Lipinski definition) is 1. The Labute approximate surface area is 176 Å². The number of anilines is 1. The first kappa shape index (κ1) is 19.7. The zero-order valence-electron chi connectivity index (χ0n) is 15.7. The lowest BCUT2D eigenvalue weighted by molar-refractivity contribution is 0.101. The monoisotopic (exact) mass is 425 g/mol. The van der Waals surface area contributed by atoms with Gasteiger partial charge >= 0.3 is 0 Å². The Hall–Kier alpha value is -3.65. The number of carbonyl (C=O) groups is 1. The third kappa shape index (κ3) is 5.03. The number of hydrogen-bond acceptors (Lipinski definition) is 4. The van der Waals surface area contributed by atoms with E-state index in [9.17, 15) is 9.18 Å². The van der Waals surface area contributed by atoms with Gasteiger partial charge in [0.1, 0.15) is 11.6 Å². The molecule has 0 saturated heterocycles. The van der Waals surface area contributed by atoms with E-state index in [1.165, 1.54) is 16.8 Å². The lowest BCUT2D eigenvalue weighted by Crippen LogP contribution is -2.15. The molecule has 0 radical (unpaired) electrons. The highest BCUT2D eigenvalue weighted by Crippen LogP contribution is 2.17. The van der Waals surface area contributed by atoms with E-state index < -0.39 is 0 Å². The van der Waals surface area contributed by atoms with Crippen LogP contribution in [0.5, 0.6) is 5.75 Å². The Bertz CT molecular complexity index is 1160. The molecule has 152 valence electrons. The summed E-state index contributed by atoms with van der Waals surface area (Å²) in [5.74, 6) is 0.329. The maximum atomic E-state index is 13.0. The average Bonchev–Trinajstić information content (AvgIpc) is 3.38. The maximum Gasteiger partial charge on any atom is 0.277 e. The zero-order chi connectivity index (χ0) is 20.9. The molecule has 0 atom stereocenters. The molecule has 0 aliphatic rings. The molecule has 2 heterocycles. The van der Waals surface area contributed by atoms with Crippen LogP contribution in [0.15, 0.2) is 73.1 Å². The summed E-state index contributed by atoms with van der Waals surface area (Å²) < 4.78 is 21.7. The highest BCUT2D eigenvalue weighted by atomic mass is 35.5. The molecule has 4 aromatic rings. The van der Waals surface area contributed by atoms with Crippen LogP contribution in [0.3, 0.4) is 0 Å². The highest BCUT2D eigenvalue weighted by molar-refractivity contribution is 6.30. The van der Waals surface area contributed by atoms with Crippen molar-refractivity contribution < 1.29 is 13.9 Å². The Kier molecular flexibility index (Phi) is 5.76. The molecule has 30 heavy (non-hydrogen) atoms. The van der Waals surface area contributed by atoms with Gasteiger partial charge in [-0.3, -0.25) is 9.48 Å². The van der Waals surface area contributed by atoms with Gasteiger partial charge in [0.15, 0.2) is 18.2 Å². The number of aromatic nitrogens is 4. The van der Waals surface area contributed by atoms with Gasteiger partial charge in [0.25, 0.3) is 5.91 Å². The normalized spacial score (nSPS) is 10.7.